The fraction of sp³-hybridized carbons (Fsp3) is 0.182. The van der Waals surface area contributed by atoms with Crippen molar-refractivity contribution in [3.8, 4) is 5.75 Å². The van der Waals surface area contributed by atoms with E-state index in [4.69, 9.17) is 4.74 Å². The molecule has 3 rings (SSSR count). The number of nitrogens with zero attached hydrogens (tertiary/aromatic N) is 2. The first kappa shape index (κ1) is 18.5. The van der Waals surface area contributed by atoms with Crippen LogP contribution >= 0.6 is 0 Å². The Morgan fingerprint density at radius 2 is 2.04 bits per heavy atom. The smallest absolute Gasteiger partial charge is 0.251 e. The lowest BCUT2D eigenvalue weighted by molar-refractivity contribution is 0.0947. The summed E-state index contributed by atoms with van der Waals surface area (Å²) in [6.45, 7) is 3.49. The Kier molecular flexibility index (Phi) is 6.41. The molecule has 1 amide bonds. The third kappa shape index (κ3) is 5.31. The molecular formula is C22H23N3O2. The van der Waals surface area contributed by atoms with Gasteiger partial charge in [-0.25, -0.2) is 0 Å². The molecule has 1 aromatic heterocycles. The van der Waals surface area contributed by atoms with Crippen molar-refractivity contribution >= 4 is 12.0 Å². The van der Waals surface area contributed by atoms with Crippen LogP contribution in [0.25, 0.3) is 6.08 Å². The fourth-order valence-electron chi connectivity index (χ4n) is 2.72. The van der Waals surface area contributed by atoms with Gasteiger partial charge in [0, 0.05) is 23.5 Å². The first-order valence-electron chi connectivity index (χ1n) is 8.95. The van der Waals surface area contributed by atoms with Gasteiger partial charge in [0.05, 0.1) is 13.1 Å². The number of hydrogen-bond acceptors (Lipinski definition) is 3. The van der Waals surface area contributed by atoms with Crippen LogP contribution in [-0.2, 0) is 6.54 Å². The molecular weight excluding hydrogens is 338 g/mol. The van der Waals surface area contributed by atoms with Crippen LogP contribution in [0.4, 0.5) is 0 Å². The molecule has 0 fully saturated rings. The SMILES string of the molecule is C/C=C/c1ccc(Cn2cccn2)cc1OCCNC(=O)c1ccccc1. The van der Waals surface area contributed by atoms with E-state index >= 15 is 0 Å². The predicted octanol–water partition coefficient (Wildman–Crippen LogP) is 3.77. The van der Waals surface area contributed by atoms with Gasteiger partial charge in [-0.1, -0.05) is 42.5 Å². The largest absolute Gasteiger partial charge is 0.491 e. The summed E-state index contributed by atoms with van der Waals surface area (Å²) < 4.78 is 7.81. The van der Waals surface area contributed by atoms with Crippen molar-refractivity contribution in [1.82, 2.24) is 15.1 Å². The van der Waals surface area contributed by atoms with Crippen LogP contribution in [-0.4, -0.2) is 28.8 Å². The number of allylic oxidation sites excluding steroid dienone is 1. The lowest BCUT2D eigenvalue weighted by atomic mass is 10.1. The third-order valence-corrected chi connectivity index (χ3v) is 4.01. The van der Waals surface area contributed by atoms with Crippen molar-refractivity contribution in [2.45, 2.75) is 13.5 Å². The van der Waals surface area contributed by atoms with Crippen LogP contribution in [0.1, 0.15) is 28.4 Å². The van der Waals surface area contributed by atoms with Gasteiger partial charge in [0.1, 0.15) is 12.4 Å². The molecule has 3 aromatic rings. The third-order valence-electron chi connectivity index (χ3n) is 4.01. The van der Waals surface area contributed by atoms with Gasteiger partial charge in [-0.05, 0) is 36.8 Å². The molecule has 0 radical (unpaired) electrons. The van der Waals surface area contributed by atoms with E-state index in [0.717, 1.165) is 16.9 Å². The highest BCUT2D eigenvalue weighted by Crippen LogP contribution is 2.22. The molecule has 0 unspecified atom stereocenters. The summed E-state index contributed by atoms with van der Waals surface area (Å²) in [6, 6.07) is 17.2. The van der Waals surface area contributed by atoms with E-state index in [9.17, 15) is 4.79 Å². The number of hydrogen-bond donors (Lipinski definition) is 1. The maximum Gasteiger partial charge on any atom is 0.251 e. The molecule has 0 aliphatic carbocycles. The lowest BCUT2D eigenvalue weighted by Gasteiger charge is -2.12. The zero-order valence-corrected chi connectivity index (χ0v) is 15.3. The average molecular weight is 361 g/mol. The van der Waals surface area contributed by atoms with Crippen molar-refractivity contribution in [1.29, 1.82) is 0 Å². The molecule has 27 heavy (non-hydrogen) atoms. The Hall–Kier alpha value is -3.34. The second kappa shape index (κ2) is 9.38. The van der Waals surface area contributed by atoms with Crippen molar-refractivity contribution < 1.29 is 9.53 Å². The van der Waals surface area contributed by atoms with Crippen LogP contribution < -0.4 is 10.1 Å². The first-order chi connectivity index (χ1) is 13.3. The van der Waals surface area contributed by atoms with Gasteiger partial charge in [-0.2, -0.15) is 5.10 Å². The molecule has 138 valence electrons. The molecule has 5 heteroatoms. The highest BCUT2D eigenvalue weighted by Gasteiger charge is 2.06. The maximum absolute atomic E-state index is 12.1. The van der Waals surface area contributed by atoms with E-state index in [1.54, 1.807) is 18.3 Å². The van der Waals surface area contributed by atoms with E-state index in [-0.39, 0.29) is 5.91 Å². The van der Waals surface area contributed by atoms with Gasteiger partial charge in [-0.3, -0.25) is 9.48 Å². The summed E-state index contributed by atoms with van der Waals surface area (Å²) in [7, 11) is 0. The molecule has 1 N–H and O–H groups in total. The van der Waals surface area contributed by atoms with Gasteiger partial charge in [0.25, 0.3) is 5.91 Å². The van der Waals surface area contributed by atoms with Gasteiger partial charge in [0.2, 0.25) is 0 Å². The van der Waals surface area contributed by atoms with Crippen LogP contribution in [0, 0.1) is 0 Å². The van der Waals surface area contributed by atoms with Crippen LogP contribution in [0.5, 0.6) is 5.75 Å². The zero-order chi connectivity index (χ0) is 18.9. The van der Waals surface area contributed by atoms with Gasteiger partial charge < -0.3 is 10.1 Å². The second-order valence-corrected chi connectivity index (χ2v) is 6.05. The Morgan fingerprint density at radius 1 is 1.19 bits per heavy atom. The molecule has 0 saturated carbocycles. The van der Waals surface area contributed by atoms with Gasteiger partial charge in [0.15, 0.2) is 0 Å². The average Bonchev–Trinajstić information content (AvgIpc) is 3.20. The van der Waals surface area contributed by atoms with Gasteiger partial charge >= 0.3 is 0 Å². The predicted molar refractivity (Wildman–Crippen MR) is 107 cm³/mol. The van der Waals surface area contributed by atoms with Crippen molar-refractivity contribution in [2.24, 2.45) is 0 Å². The molecule has 2 aromatic carbocycles. The number of aromatic nitrogens is 2. The Balaban J connectivity index is 1.59. The molecule has 1 heterocycles. The number of benzene rings is 2. The minimum absolute atomic E-state index is 0.0969. The molecule has 0 bridgehead atoms. The minimum atomic E-state index is -0.0969. The summed E-state index contributed by atoms with van der Waals surface area (Å²) >= 11 is 0. The molecule has 0 aliphatic rings. The molecule has 0 aliphatic heterocycles. The van der Waals surface area contributed by atoms with Crippen molar-refractivity contribution in [3.05, 3.63) is 89.8 Å². The number of carbonyl (C=O) groups excluding carboxylic acids is 1. The number of nitrogens with one attached hydrogen (secondary N) is 1. The summed E-state index contributed by atoms with van der Waals surface area (Å²) in [4.78, 5) is 12.1. The number of amides is 1. The van der Waals surface area contributed by atoms with E-state index < -0.39 is 0 Å². The number of rotatable bonds is 8. The molecule has 5 nitrogen and oxygen atoms in total. The Morgan fingerprint density at radius 3 is 2.78 bits per heavy atom. The Labute approximate surface area is 159 Å². The molecule has 0 atom stereocenters. The monoisotopic (exact) mass is 361 g/mol. The first-order valence-corrected chi connectivity index (χ1v) is 8.95. The van der Waals surface area contributed by atoms with E-state index in [1.165, 1.54) is 0 Å². The minimum Gasteiger partial charge on any atom is -0.491 e. The Bertz CT molecular complexity index is 887. The second-order valence-electron chi connectivity index (χ2n) is 6.05. The lowest BCUT2D eigenvalue weighted by Crippen LogP contribution is -2.28. The molecule has 0 spiro atoms. The maximum atomic E-state index is 12.1. The zero-order valence-electron chi connectivity index (χ0n) is 15.3. The van der Waals surface area contributed by atoms with E-state index in [2.05, 4.69) is 16.5 Å². The summed E-state index contributed by atoms with van der Waals surface area (Å²) in [6.07, 6.45) is 7.68. The summed E-state index contributed by atoms with van der Waals surface area (Å²) in [5.41, 5.74) is 2.76. The highest BCUT2D eigenvalue weighted by atomic mass is 16.5. The van der Waals surface area contributed by atoms with Crippen LogP contribution in [0.15, 0.2) is 73.1 Å². The summed E-state index contributed by atoms with van der Waals surface area (Å²) in [5.74, 6) is 0.701. The highest BCUT2D eigenvalue weighted by molar-refractivity contribution is 5.94. The van der Waals surface area contributed by atoms with E-state index in [0.29, 0.717) is 25.3 Å². The van der Waals surface area contributed by atoms with Crippen molar-refractivity contribution in [2.75, 3.05) is 13.2 Å². The van der Waals surface area contributed by atoms with Gasteiger partial charge in [-0.15, -0.1) is 0 Å². The van der Waals surface area contributed by atoms with E-state index in [1.807, 2.05) is 66.4 Å². The van der Waals surface area contributed by atoms with Crippen LogP contribution in [0.3, 0.4) is 0 Å². The standard InChI is InChI=1S/C22H23N3O2/c1-2-7-19-11-10-18(17-25-14-6-12-24-25)16-21(19)27-15-13-23-22(26)20-8-4-3-5-9-20/h2-12,14,16H,13,15,17H2,1H3,(H,23,26)/b7-2+. The van der Waals surface area contributed by atoms with Crippen molar-refractivity contribution in [3.63, 3.8) is 0 Å². The molecule has 0 saturated heterocycles. The number of ether oxygens (including phenoxy) is 1. The number of carbonyl (C=O) groups is 1. The normalized spacial score (nSPS) is 10.9. The fourth-order valence-corrected chi connectivity index (χ4v) is 2.72. The quantitative estimate of drug-likeness (QED) is 0.621. The topological polar surface area (TPSA) is 56.1 Å². The summed E-state index contributed by atoms with van der Waals surface area (Å²) in [5, 5.41) is 7.11. The van der Waals surface area contributed by atoms with Crippen LogP contribution in [0.2, 0.25) is 0 Å².